The van der Waals surface area contributed by atoms with Crippen LogP contribution in [0.3, 0.4) is 0 Å². The van der Waals surface area contributed by atoms with Crippen LogP contribution in [0.4, 0.5) is 27.6 Å². The lowest BCUT2D eigenvalue weighted by molar-refractivity contribution is -0.138. The highest BCUT2D eigenvalue weighted by Crippen LogP contribution is 2.41. The summed E-state index contributed by atoms with van der Waals surface area (Å²) in [4.78, 5) is 16.0. The zero-order valence-electron chi connectivity index (χ0n) is 15.8. The van der Waals surface area contributed by atoms with Crippen LogP contribution in [0.5, 0.6) is 0 Å². The number of aromatic nitrogens is 3. The maximum atomic E-state index is 13.8. The Hall–Kier alpha value is -2.31. The Labute approximate surface area is 187 Å². The molecule has 0 saturated heterocycles. The second kappa shape index (κ2) is 8.32. The summed E-state index contributed by atoms with van der Waals surface area (Å²) < 4.78 is 69.8. The van der Waals surface area contributed by atoms with Crippen LogP contribution >= 0.6 is 22.6 Å². The highest BCUT2D eigenvalue weighted by molar-refractivity contribution is 14.1. The van der Waals surface area contributed by atoms with Gasteiger partial charge < -0.3 is 5.32 Å². The molecule has 0 unspecified atom stereocenters. The molecular weight excluding hydrogens is 534 g/mol. The van der Waals surface area contributed by atoms with E-state index in [0.29, 0.717) is 22.9 Å². The van der Waals surface area contributed by atoms with E-state index in [9.17, 15) is 26.7 Å². The molecule has 11 heteroatoms. The summed E-state index contributed by atoms with van der Waals surface area (Å²) in [6.07, 6.45) is -3.41. The van der Waals surface area contributed by atoms with Crippen LogP contribution in [0.1, 0.15) is 46.9 Å². The molecule has 0 spiro atoms. The van der Waals surface area contributed by atoms with Crippen molar-refractivity contribution in [3.63, 3.8) is 0 Å². The Morgan fingerprint density at radius 3 is 2.68 bits per heavy atom. The summed E-state index contributed by atoms with van der Waals surface area (Å²) >= 11 is 2.31. The molecule has 2 aromatic heterocycles. The third-order valence-electron chi connectivity index (χ3n) is 5.35. The fourth-order valence-electron chi connectivity index (χ4n) is 3.71. The van der Waals surface area contributed by atoms with Gasteiger partial charge in [0.25, 0.3) is 12.3 Å². The standard InChI is InChI=1S/C20H16F5IN4O/c21-18(22)13-7-16-11(9-28-30(16)12-4-10(5-12)8-26)6-15(13)29-19(31)17-14(20(23,24)25)2-1-3-27-17/h1-3,6-7,9-10,12,18H,4-5,8H2,(H,29,31). The van der Waals surface area contributed by atoms with Crippen LogP contribution in [-0.2, 0) is 6.18 Å². The normalized spacial score (nSPS) is 18.9. The van der Waals surface area contributed by atoms with E-state index in [1.807, 2.05) is 0 Å². The number of anilines is 1. The largest absolute Gasteiger partial charge is 0.418 e. The number of nitrogens with one attached hydrogen (secondary N) is 1. The topological polar surface area (TPSA) is 59.8 Å². The Balaban J connectivity index is 1.68. The molecule has 1 aliphatic carbocycles. The molecule has 4 rings (SSSR count). The Bertz CT molecular complexity index is 1120. The highest BCUT2D eigenvalue weighted by Gasteiger charge is 2.36. The Morgan fingerprint density at radius 2 is 2.03 bits per heavy atom. The minimum atomic E-state index is -4.81. The van der Waals surface area contributed by atoms with E-state index in [1.165, 1.54) is 18.3 Å². The first-order chi connectivity index (χ1) is 14.7. The van der Waals surface area contributed by atoms with Crippen molar-refractivity contribution in [1.29, 1.82) is 0 Å². The number of hydrogen-bond donors (Lipinski definition) is 1. The molecule has 1 aromatic carbocycles. The number of rotatable bonds is 5. The number of carbonyl (C=O) groups is 1. The first-order valence-electron chi connectivity index (χ1n) is 9.38. The van der Waals surface area contributed by atoms with Gasteiger partial charge in [-0.3, -0.25) is 14.5 Å². The molecule has 2 heterocycles. The van der Waals surface area contributed by atoms with Crippen molar-refractivity contribution in [2.75, 3.05) is 9.74 Å². The fourth-order valence-corrected chi connectivity index (χ4v) is 4.43. The van der Waals surface area contributed by atoms with Crippen molar-refractivity contribution in [1.82, 2.24) is 14.8 Å². The zero-order valence-corrected chi connectivity index (χ0v) is 18.0. The number of hydrogen-bond acceptors (Lipinski definition) is 3. The molecule has 164 valence electrons. The van der Waals surface area contributed by atoms with Crippen LogP contribution in [0.2, 0.25) is 0 Å². The SMILES string of the molecule is O=C(Nc1cc2cnn(C3CC(CI)C3)c2cc1C(F)F)c1ncccc1C(F)(F)F. The lowest BCUT2D eigenvalue weighted by Gasteiger charge is -2.34. The van der Waals surface area contributed by atoms with E-state index >= 15 is 0 Å². The van der Waals surface area contributed by atoms with Gasteiger partial charge in [-0.15, -0.1) is 0 Å². The molecule has 1 aliphatic rings. The van der Waals surface area contributed by atoms with Gasteiger partial charge in [0.05, 0.1) is 29.0 Å². The van der Waals surface area contributed by atoms with Gasteiger partial charge in [0.1, 0.15) is 5.69 Å². The molecular formula is C20H16F5IN4O. The van der Waals surface area contributed by atoms with E-state index in [4.69, 9.17) is 0 Å². The third kappa shape index (κ3) is 4.23. The van der Waals surface area contributed by atoms with Crippen LogP contribution in [0.25, 0.3) is 10.9 Å². The quantitative estimate of drug-likeness (QED) is 0.240. The van der Waals surface area contributed by atoms with E-state index < -0.39 is 35.3 Å². The summed E-state index contributed by atoms with van der Waals surface area (Å²) in [5.41, 5.74) is -2.39. The summed E-state index contributed by atoms with van der Waals surface area (Å²) in [7, 11) is 0. The van der Waals surface area contributed by atoms with Gasteiger partial charge in [-0.05, 0) is 43.0 Å². The zero-order chi connectivity index (χ0) is 22.3. The van der Waals surface area contributed by atoms with Crippen molar-refractivity contribution < 1.29 is 26.7 Å². The van der Waals surface area contributed by atoms with Crippen molar-refractivity contribution in [3.05, 3.63) is 53.5 Å². The van der Waals surface area contributed by atoms with Crippen LogP contribution in [-0.4, -0.2) is 25.1 Å². The van der Waals surface area contributed by atoms with Crippen molar-refractivity contribution in [2.24, 2.45) is 5.92 Å². The van der Waals surface area contributed by atoms with Gasteiger partial charge in [0, 0.05) is 21.6 Å². The smallest absolute Gasteiger partial charge is 0.320 e. The maximum Gasteiger partial charge on any atom is 0.418 e. The van der Waals surface area contributed by atoms with E-state index in [2.05, 4.69) is 38.0 Å². The van der Waals surface area contributed by atoms with E-state index in [0.717, 1.165) is 29.5 Å². The number of alkyl halides is 6. The third-order valence-corrected chi connectivity index (χ3v) is 6.60. The number of benzene rings is 1. The Morgan fingerprint density at radius 1 is 1.29 bits per heavy atom. The second-order valence-corrected chi connectivity index (χ2v) is 8.27. The molecule has 1 N–H and O–H groups in total. The molecule has 1 saturated carbocycles. The highest BCUT2D eigenvalue weighted by atomic mass is 127. The van der Waals surface area contributed by atoms with E-state index in [-0.39, 0.29) is 11.7 Å². The molecule has 0 atom stereocenters. The summed E-state index contributed by atoms with van der Waals surface area (Å²) in [5.74, 6) is -0.648. The lowest BCUT2D eigenvalue weighted by Crippen LogP contribution is -2.28. The number of nitrogens with zero attached hydrogens (tertiary/aromatic N) is 3. The number of halogens is 6. The molecule has 3 aromatic rings. The van der Waals surface area contributed by atoms with Gasteiger partial charge in [-0.25, -0.2) is 8.78 Å². The predicted octanol–water partition coefficient (Wildman–Crippen LogP) is 6.03. The van der Waals surface area contributed by atoms with Crippen LogP contribution < -0.4 is 5.32 Å². The molecule has 0 radical (unpaired) electrons. The van der Waals surface area contributed by atoms with Gasteiger partial charge in [-0.1, -0.05) is 22.6 Å². The van der Waals surface area contributed by atoms with Crippen molar-refractivity contribution >= 4 is 45.1 Å². The van der Waals surface area contributed by atoms with Gasteiger partial charge in [0.15, 0.2) is 0 Å². The predicted molar refractivity (Wildman–Crippen MR) is 113 cm³/mol. The second-order valence-electron chi connectivity index (χ2n) is 7.39. The summed E-state index contributed by atoms with van der Waals surface area (Å²) in [6, 6.07) is 4.43. The van der Waals surface area contributed by atoms with Gasteiger partial charge in [0.2, 0.25) is 0 Å². The fraction of sp³-hybridized carbons (Fsp3) is 0.350. The molecule has 1 fully saturated rings. The van der Waals surface area contributed by atoms with Gasteiger partial charge in [-0.2, -0.15) is 18.3 Å². The van der Waals surface area contributed by atoms with Gasteiger partial charge >= 0.3 is 6.18 Å². The minimum Gasteiger partial charge on any atom is -0.320 e. The van der Waals surface area contributed by atoms with Crippen LogP contribution in [0, 0.1) is 5.92 Å². The molecule has 31 heavy (non-hydrogen) atoms. The molecule has 5 nitrogen and oxygen atoms in total. The molecule has 1 amide bonds. The first kappa shape index (κ1) is 21.9. The number of amides is 1. The average Bonchev–Trinajstić information content (AvgIpc) is 3.08. The van der Waals surface area contributed by atoms with E-state index in [1.54, 1.807) is 4.68 Å². The number of fused-ring (bicyclic) bond motifs is 1. The maximum absolute atomic E-state index is 13.8. The van der Waals surface area contributed by atoms with Crippen molar-refractivity contribution in [2.45, 2.75) is 31.5 Å². The summed E-state index contributed by atoms with van der Waals surface area (Å²) in [5, 5.41) is 6.99. The lowest BCUT2D eigenvalue weighted by atomic mass is 9.82. The molecule has 0 bridgehead atoms. The van der Waals surface area contributed by atoms with Crippen LogP contribution in [0.15, 0.2) is 36.7 Å². The average molecular weight is 550 g/mol. The molecule has 0 aliphatic heterocycles. The van der Waals surface area contributed by atoms with Crippen molar-refractivity contribution in [3.8, 4) is 0 Å². The number of carbonyl (C=O) groups excluding carboxylic acids is 1. The first-order valence-corrected chi connectivity index (χ1v) is 10.9. The monoisotopic (exact) mass is 550 g/mol. The minimum absolute atomic E-state index is 0.117. The summed E-state index contributed by atoms with van der Waals surface area (Å²) in [6.45, 7) is 0. The number of pyridine rings is 1. The Kier molecular flexibility index (Phi) is 5.88.